The first-order valence-corrected chi connectivity index (χ1v) is 11.9. The summed E-state index contributed by atoms with van der Waals surface area (Å²) >= 11 is 7.01. The summed E-state index contributed by atoms with van der Waals surface area (Å²) in [6.07, 6.45) is 0.729. The number of nitrogens with one attached hydrogen (secondary N) is 3. The van der Waals surface area contributed by atoms with Crippen LogP contribution in [0.2, 0.25) is 0 Å². The molecule has 0 spiro atoms. The molecule has 0 bridgehead atoms. The third-order valence-corrected chi connectivity index (χ3v) is 6.56. The molecule has 0 saturated carbocycles. The Morgan fingerprint density at radius 3 is 2.28 bits per heavy atom. The Bertz CT molecular complexity index is 1100. The standard InChI is InChI=1S/C26H29N3OS2/c1-5-24(25(30)29-23-15-18(3)9-12-19(23)4)32-22-8-6-7-21(16-22)28-26(31)27-20-13-10-17(2)11-14-20/h6-16,24H,5H2,1-4H3,(H,29,30)(H2,27,28,31). The summed E-state index contributed by atoms with van der Waals surface area (Å²) in [5.74, 6) is 0.0149. The van der Waals surface area contributed by atoms with Crippen molar-refractivity contribution >= 4 is 52.1 Å². The number of aryl methyl sites for hydroxylation is 3. The fraction of sp³-hybridized carbons (Fsp3) is 0.231. The van der Waals surface area contributed by atoms with Gasteiger partial charge in [-0.2, -0.15) is 0 Å². The fourth-order valence-electron chi connectivity index (χ4n) is 3.15. The van der Waals surface area contributed by atoms with Crippen LogP contribution < -0.4 is 16.0 Å². The van der Waals surface area contributed by atoms with E-state index in [1.165, 1.54) is 5.56 Å². The van der Waals surface area contributed by atoms with Crippen molar-refractivity contribution in [2.45, 2.75) is 44.3 Å². The molecule has 4 nitrogen and oxygen atoms in total. The zero-order valence-corrected chi connectivity index (χ0v) is 20.5. The summed E-state index contributed by atoms with van der Waals surface area (Å²) in [5.41, 5.74) is 6.07. The second-order valence-electron chi connectivity index (χ2n) is 7.80. The zero-order valence-electron chi connectivity index (χ0n) is 18.9. The first-order valence-electron chi connectivity index (χ1n) is 10.6. The average molecular weight is 464 g/mol. The van der Waals surface area contributed by atoms with Gasteiger partial charge in [0.25, 0.3) is 0 Å². The number of carbonyl (C=O) groups excluding carboxylic acids is 1. The lowest BCUT2D eigenvalue weighted by Gasteiger charge is -2.17. The molecule has 1 atom stereocenters. The smallest absolute Gasteiger partial charge is 0.237 e. The monoisotopic (exact) mass is 463 g/mol. The quantitative estimate of drug-likeness (QED) is 0.262. The molecule has 3 aromatic rings. The van der Waals surface area contributed by atoms with Gasteiger partial charge in [-0.15, -0.1) is 11.8 Å². The molecule has 0 heterocycles. The molecule has 1 unspecified atom stereocenters. The Kier molecular flexibility index (Phi) is 8.31. The number of anilines is 3. The minimum Gasteiger partial charge on any atom is -0.332 e. The summed E-state index contributed by atoms with van der Waals surface area (Å²) in [6.45, 7) is 8.11. The van der Waals surface area contributed by atoms with E-state index in [0.29, 0.717) is 5.11 Å². The van der Waals surface area contributed by atoms with E-state index in [-0.39, 0.29) is 11.2 Å². The summed E-state index contributed by atoms with van der Waals surface area (Å²) < 4.78 is 0. The maximum absolute atomic E-state index is 12.9. The Morgan fingerprint density at radius 1 is 0.875 bits per heavy atom. The molecule has 1 amide bonds. The Hall–Kier alpha value is -2.83. The second-order valence-corrected chi connectivity index (χ2v) is 9.48. The maximum Gasteiger partial charge on any atom is 0.237 e. The van der Waals surface area contributed by atoms with Crippen LogP contribution in [0.15, 0.2) is 71.6 Å². The molecule has 3 rings (SSSR count). The van der Waals surface area contributed by atoms with Gasteiger partial charge in [0.2, 0.25) is 5.91 Å². The molecule has 0 fully saturated rings. The van der Waals surface area contributed by atoms with Gasteiger partial charge < -0.3 is 16.0 Å². The molecule has 3 aromatic carbocycles. The van der Waals surface area contributed by atoms with Crippen LogP contribution >= 0.6 is 24.0 Å². The zero-order chi connectivity index (χ0) is 23.1. The summed E-state index contributed by atoms with van der Waals surface area (Å²) in [6, 6.07) is 22.1. The van der Waals surface area contributed by atoms with Crippen molar-refractivity contribution in [1.82, 2.24) is 0 Å². The largest absolute Gasteiger partial charge is 0.332 e. The molecular weight excluding hydrogens is 434 g/mol. The Balaban J connectivity index is 1.62. The topological polar surface area (TPSA) is 53.2 Å². The lowest BCUT2D eigenvalue weighted by Crippen LogP contribution is -2.25. The highest BCUT2D eigenvalue weighted by molar-refractivity contribution is 8.00. The van der Waals surface area contributed by atoms with Crippen LogP contribution in [0.1, 0.15) is 30.0 Å². The molecular formula is C26H29N3OS2. The predicted molar refractivity (Wildman–Crippen MR) is 142 cm³/mol. The van der Waals surface area contributed by atoms with Crippen LogP contribution in [-0.2, 0) is 4.79 Å². The SMILES string of the molecule is CCC(Sc1cccc(NC(=S)Nc2ccc(C)cc2)c1)C(=O)Nc1cc(C)ccc1C. The molecule has 0 aliphatic carbocycles. The van der Waals surface area contributed by atoms with Gasteiger partial charge >= 0.3 is 0 Å². The molecule has 166 valence electrons. The number of thioether (sulfide) groups is 1. The van der Waals surface area contributed by atoms with Crippen molar-refractivity contribution in [2.24, 2.45) is 0 Å². The molecule has 0 radical (unpaired) electrons. The molecule has 0 aliphatic heterocycles. The van der Waals surface area contributed by atoms with E-state index in [2.05, 4.69) is 22.9 Å². The molecule has 0 aliphatic rings. The third-order valence-electron chi connectivity index (χ3n) is 4.99. The van der Waals surface area contributed by atoms with E-state index in [9.17, 15) is 4.79 Å². The van der Waals surface area contributed by atoms with E-state index in [1.54, 1.807) is 11.8 Å². The van der Waals surface area contributed by atoms with Gasteiger partial charge in [0.1, 0.15) is 0 Å². The minimum absolute atomic E-state index is 0.0149. The van der Waals surface area contributed by atoms with Gasteiger partial charge in [-0.3, -0.25) is 4.79 Å². The number of rotatable bonds is 7. The second kappa shape index (κ2) is 11.2. The molecule has 0 aromatic heterocycles. The summed E-state index contributed by atoms with van der Waals surface area (Å²) in [7, 11) is 0. The third kappa shape index (κ3) is 6.84. The fourth-order valence-corrected chi connectivity index (χ4v) is 4.40. The number of amides is 1. The molecule has 3 N–H and O–H groups in total. The van der Waals surface area contributed by atoms with Crippen LogP contribution in [-0.4, -0.2) is 16.3 Å². The Labute approximate surface area is 200 Å². The Morgan fingerprint density at radius 2 is 1.56 bits per heavy atom. The van der Waals surface area contributed by atoms with Crippen LogP contribution in [0.3, 0.4) is 0 Å². The van der Waals surface area contributed by atoms with E-state index in [1.807, 2.05) is 87.5 Å². The molecule has 32 heavy (non-hydrogen) atoms. The normalized spacial score (nSPS) is 11.5. The number of carbonyl (C=O) groups is 1. The number of hydrogen-bond acceptors (Lipinski definition) is 3. The molecule has 0 saturated heterocycles. The van der Waals surface area contributed by atoms with E-state index >= 15 is 0 Å². The average Bonchev–Trinajstić information content (AvgIpc) is 2.76. The van der Waals surface area contributed by atoms with E-state index < -0.39 is 0 Å². The van der Waals surface area contributed by atoms with Gasteiger partial charge in [-0.05, 0) is 86.9 Å². The van der Waals surface area contributed by atoms with Crippen molar-refractivity contribution in [2.75, 3.05) is 16.0 Å². The lowest BCUT2D eigenvalue weighted by molar-refractivity contribution is -0.115. The van der Waals surface area contributed by atoms with E-state index in [4.69, 9.17) is 12.2 Å². The van der Waals surface area contributed by atoms with Crippen LogP contribution in [0, 0.1) is 20.8 Å². The van der Waals surface area contributed by atoms with Gasteiger partial charge in [-0.1, -0.05) is 42.8 Å². The van der Waals surface area contributed by atoms with Crippen LogP contribution in [0.4, 0.5) is 17.1 Å². The van der Waals surface area contributed by atoms with Crippen molar-refractivity contribution in [3.05, 3.63) is 83.4 Å². The van der Waals surface area contributed by atoms with Crippen molar-refractivity contribution in [3.63, 3.8) is 0 Å². The van der Waals surface area contributed by atoms with E-state index in [0.717, 1.165) is 39.5 Å². The highest BCUT2D eigenvalue weighted by Gasteiger charge is 2.19. The van der Waals surface area contributed by atoms with Crippen molar-refractivity contribution in [1.29, 1.82) is 0 Å². The van der Waals surface area contributed by atoms with Gasteiger partial charge in [0.05, 0.1) is 5.25 Å². The first-order chi connectivity index (χ1) is 15.3. The van der Waals surface area contributed by atoms with Crippen LogP contribution in [0.25, 0.3) is 0 Å². The summed E-state index contributed by atoms with van der Waals surface area (Å²) in [4.78, 5) is 13.9. The maximum atomic E-state index is 12.9. The molecule has 6 heteroatoms. The first kappa shape index (κ1) is 23.8. The van der Waals surface area contributed by atoms with Crippen LogP contribution in [0.5, 0.6) is 0 Å². The van der Waals surface area contributed by atoms with Crippen molar-refractivity contribution in [3.8, 4) is 0 Å². The highest BCUT2D eigenvalue weighted by Crippen LogP contribution is 2.29. The minimum atomic E-state index is -0.192. The number of benzene rings is 3. The van der Waals surface area contributed by atoms with Crippen molar-refractivity contribution < 1.29 is 4.79 Å². The number of hydrogen-bond donors (Lipinski definition) is 3. The highest BCUT2D eigenvalue weighted by atomic mass is 32.2. The van der Waals surface area contributed by atoms with Gasteiger partial charge in [0.15, 0.2) is 5.11 Å². The lowest BCUT2D eigenvalue weighted by atomic mass is 10.1. The van der Waals surface area contributed by atoms with Gasteiger partial charge in [0, 0.05) is 22.0 Å². The van der Waals surface area contributed by atoms with Gasteiger partial charge in [-0.25, -0.2) is 0 Å². The summed E-state index contributed by atoms with van der Waals surface area (Å²) in [5, 5.41) is 9.85. The number of thiocarbonyl (C=S) groups is 1. The predicted octanol–water partition coefficient (Wildman–Crippen LogP) is 6.93.